The number of methoxy groups -OCH3 is 2. The highest BCUT2D eigenvalue weighted by Gasteiger charge is 2.19. The minimum absolute atomic E-state index is 0.334. The van der Waals surface area contributed by atoms with E-state index in [-0.39, 0.29) is 0 Å². The molecule has 0 aliphatic heterocycles. The van der Waals surface area contributed by atoms with Crippen LogP contribution in [0.25, 0.3) is 0 Å². The van der Waals surface area contributed by atoms with Crippen LogP contribution in [-0.4, -0.2) is 37.9 Å². The molecule has 0 N–H and O–H groups in total. The van der Waals surface area contributed by atoms with Crippen molar-refractivity contribution in [2.24, 2.45) is 0 Å². The lowest BCUT2D eigenvalue weighted by Crippen LogP contribution is -2.33. The van der Waals surface area contributed by atoms with Crippen molar-refractivity contribution >= 4 is 6.09 Å². The van der Waals surface area contributed by atoms with Crippen molar-refractivity contribution in [2.75, 3.05) is 21.3 Å². The van der Waals surface area contributed by atoms with Crippen molar-refractivity contribution in [2.45, 2.75) is 39.2 Å². The van der Waals surface area contributed by atoms with Crippen molar-refractivity contribution < 1.29 is 21.7 Å². The minimum atomic E-state index is -2.00. The Morgan fingerprint density at radius 2 is 1.76 bits per heavy atom. The van der Waals surface area contributed by atoms with Crippen molar-refractivity contribution in [3.63, 3.8) is 0 Å². The van der Waals surface area contributed by atoms with E-state index in [9.17, 15) is 4.79 Å². The lowest BCUT2D eigenvalue weighted by atomic mass is 10.1. The number of rotatable bonds is 5. The maximum absolute atomic E-state index is 12.1. The summed E-state index contributed by atoms with van der Waals surface area (Å²) in [5.41, 5.74) is 0.408. The van der Waals surface area contributed by atoms with Crippen LogP contribution in [0.5, 0.6) is 0 Å². The van der Waals surface area contributed by atoms with Gasteiger partial charge in [-0.05, 0) is 26.3 Å². The van der Waals surface area contributed by atoms with Crippen molar-refractivity contribution in [3.8, 4) is 0 Å². The van der Waals surface area contributed by atoms with E-state index in [0.29, 0.717) is 5.56 Å². The van der Waals surface area contributed by atoms with Gasteiger partial charge in [0.05, 0.1) is 2.74 Å². The van der Waals surface area contributed by atoms with E-state index >= 15 is 0 Å². The number of benzene rings is 1. The summed E-state index contributed by atoms with van der Waals surface area (Å²) >= 11 is 0. The summed E-state index contributed by atoms with van der Waals surface area (Å²) in [5.74, 6) is 0. The number of amides is 1. The molecule has 5 heteroatoms. The van der Waals surface area contributed by atoms with Crippen LogP contribution >= 0.6 is 0 Å². The molecule has 1 amide bonds. The topological polar surface area (TPSA) is 48.0 Å². The standard InChI is InChI=1S/C16H25NO4/c1-16(2,3)21-15(18)17(4)11-12-7-9-13(10-8-12)14(19-5)20-6/h7-10,14H,11H2,1-6H3/i11D2. The Morgan fingerprint density at radius 3 is 2.19 bits per heavy atom. The number of nitrogens with zero attached hydrogens (tertiary/aromatic N) is 1. The van der Waals surface area contributed by atoms with E-state index < -0.39 is 24.5 Å². The largest absolute Gasteiger partial charge is 0.444 e. The molecule has 1 rings (SSSR count). The normalized spacial score (nSPS) is 13.7. The van der Waals surface area contributed by atoms with E-state index in [1.165, 1.54) is 21.3 Å². The summed E-state index contributed by atoms with van der Waals surface area (Å²) in [6, 6.07) is 6.60. The van der Waals surface area contributed by atoms with Gasteiger partial charge in [0.1, 0.15) is 5.60 Å². The first-order valence-electron chi connectivity index (χ1n) is 7.65. The smallest absolute Gasteiger partial charge is 0.410 e. The summed E-state index contributed by atoms with van der Waals surface area (Å²) in [6.07, 6.45) is -1.24. The zero-order valence-corrected chi connectivity index (χ0v) is 13.5. The molecule has 0 radical (unpaired) electrons. The van der Waals surface area contributed by atoms with Crippen LogP contribution in [0, 0.1) is 0 Å². The number of hydrogen-bond acceptors (Lipinski definition) is 4. The van der Waals surface area contributed by atoms with Crippen molar-refractivity contribution in [1.29, 1.82) is 0 Å². The molecule has 1 aromatic carbocycles. The van der Waals surface area contributed by atoms with Gasteiger partial charge in [0.25, 0.3) is 0 Å². The molecule has 1 aromatic rings. The van der Waals surface area contributed by atoms with Gasteiger partial charge in [-0.2, -0.15) is 0 Å². The lowest BCUT2D eigenvalue weighted by molar-refractivity contribution is -0.106. The van der Waals surface area contributed by atoms with Gasteiger partial charge in [0, 0.05) is 33.3 Å². The molecule has 0 spiro atoms. The highest BCUT2D eigenvalue weighted by molar-refractivity contribution is 5.67. The second-order valence-corrected chi connectivity index (χ2v) is 5.58. The third-order valence-electron chi connectivity index (χ3n) is 2.58. The Bertz CT molecular complexity index is 522. The average molecular weight is 297 g/mol. The van der Waals surface area contributed by atoms with Gasteiger partial charge < -0.3 is 19.1 Å². The molecule has 0 atom stereocenters. The van der Waals surface area contributed by atoms with Crippen LogP contribution in [0.2, 0.25) is 0 Å². The Morgan fingerprint density at radius 1 is 1.24 bits per heavy atom. The predicted octanol–water partition coefficient (Wildman–Crippen LogP) is 3.34. The van der Waals surface area contributed by atoms with Gasteiger partial charge in [-0.15, -0.1) is 0 Å². The van der Waals surface area contributed by atoms with E-state index in [4.69, 9.17) is 17.0 Å². The monoisotopic (exact) mass is 297 g/mol. The third-order valence-corrected chi connectivity index (χ3v) is 2.58. The molecule has 0 unspecified atom stereocenters. The zero-order valence-electron chi connectivity index (χ0n) is 15.5. The fourth-order valence-electron chi connectivity index (χ4n) is 1.65. The van der Waals surface area contributed by atoms with Gasteiger partial charge in [-0.1, -0.05) is 24.3 Å². The fraction of sp³-hybridized carbons (Fsp3) is 0.562. The van der Waals surface area contributed by atoms with Crippen molar-refractivity contribution in [1.82, 2.24) is 4.90 Å². The summed E-state index contributed by atoms with van der Waals surface area (Å²) in [6.45, 7) is 3.20. The summed E-state index contributed by atoms with van der Waals surface area (Å²) in [4.78, 5) is 13.0. The molecule has 0 fully saturated rings. The molecule has 0 saturated heterocycles. The molecular formula is C16H25NO4. The maximum Gasteiger partial charge on any atom is 0.410 e. The number of ether oxygens (including phenoxy) is 3. The second-order valence-electron chi connectivity index (χ2n) is 5.58. The van der Waals surface area contributed by atoms with Crippen LogP contribution in [0.4, 0.5) is 4.79 Å². The predicted molar refractivity (Wildman–Crippen MR) is 80.9 cm³/mol. The van der Waals surface area contributed by atoms with Gasteiger partial charge in [0.15, 0.2) is 6.29 Å². The van der Waals surface area contributed by atoms with Crippen LogP contribution < -0.4 is 0 Å². The zero-order chi connectivity index (χ0) is 17.8. The molecule has 118 valence electrons. The highest BCUT2D eigenvalue weighted by atomic mass is 16.7. The van der Waals surface area contributed by atoms with Crippen LogP contribution in [0.15, 0.2) is 24.3 Å². The summed E-state index contributed by atoms with van der Waals surface area (Å²) < 4.78 is 31.9. The number of carbonyl (C=O) groups excluding carboxylic acids is 1. The molecular weight excluding hydrogens is 270 g/mol. The lowest BCUT2D eigenvalue weighted by Gasteiger charge is -2.24. The third kappa shape index (κ3) is 5.73. The SMILES string of the molecule is [2H]C([2H])(c1ccc(C(OC)OC)cc1)N(C)C(=O)OC(C)(C)C. The summed E-state index contributed by atoms with van der Waals surface area (Å²) in [5, 5.41) is 0. The van der Waals surface area contributed by atoms with Crippen LogP contribution in [0.1, 0.15) is 40.9 Å². The maximum atomic E-state index is 12.1. The Balaban J connectivity index is 2.97. The molecule has 0 aliphatic rings. The molecule has 0 aromatic heterocycles. The number of carbonyl (C=O) groups is 1. The van der Waals surface area contributed by atoms with Gasteiger partial charge in [-0.3, -0.25) is 0 Å². The van der Waals surface area contributed by atoms with Crippen molar-refractivity contribution in [3.05, 3.63) is 35.4 Å². The first-order chi connectivity index (χ1) is 10.5. The quantitative estimate of drug-likeness (QED) is 0.782. The van der Waals surface area contributed by atoms with E-state index in [1.807, 2.05) is 0 Å². The highest BCUT2D eigenvalue weighted by Crippen LogP contribution is 2.18. The first-order valence-corrected chi connectivity index (χ1v) is 6.65. The van der Waals surface area contributed by atoms with Crippen LogP contribution in [0.3, 0.4) is 0 Å². The Labute approximate surface area is 129 Å². The fourth-order valence-corrected chi connectivity index (χ4v) is 1.65. The van der Waals surface area contributed by atoms with Gasteiger partial charge in [-0.25, -0.2) is 4.79 Å². The number of hydrogen-bond donors (Lipinski definition) is 0. The molecule has 21 heavy (non-hydrogen) atoms. The summed E-state index contributed by atoms with van der Waals surface area (Å²) in [7, 11) is 4.42. The molecule has 0 bridgehead atoms. The molecule has 0 aliphatic carbocycles. The molecule has 0 heterocycles. The minimum Gasteiger partial charge on any atom is -0.444 e. The van der Waals surface area contributed by atoms with Crippen LogP contribution in [-0.2, 0) is 20.7 Å². The Hall–Kier alpha value is -1.59. The average Bonchev–Trinajstić information content (AvgIpc) is 2.46. The van der Waals surface area contributed by atoms with Gasteiger partial charge in [0.2, 0.25) is 0 Å². The Kier molecular flexibility index (Phi) is 5.08. The van der Waals surface area contributed by atoms with E-state index in [2.05, 4.69) is 0 Å². The van der Waals surface area contributed by atoms with E-state index in [0.717, 1.165) is 10.5 Å². The first kappa shape index (κ1) is 14.4. The van der Waals surface area contributed by atoms with Gasteiger partial charge >= 0.3 is 6.09 Å². The molecule has 0 saturated carbocycles. The van der Waals surface area contributed by atoms with E-state index in [1.54, 1.807) is 45.0 Å². The molecule has 5 nitrogen and oxygen atoms in total. The second kappa shape index (κ2) is 7.43.